The lowest BCUT2D eigenvalue weighted by Gasteiger charge is -2.21. The summed E-state index contributed by atoms with van der Waals surface area (Å²) in [7, 11) is 0. The summed E-state index contributed by atoms with van der Waals surface area (Å²) in [6.07, 6.45) is -1.85. The molecule has 0 spiro atoms. The predicted molar refractivity (Wildman–Crippen MR) is 62.5 cm³/mol. The van der Waals surface area contributed by atoms with E-state index in [1.165, 1.54) is 18.5 Å². The van der Waals surface area contributed by atoms with Crippen molar-refractivity contribution in [1.29, 1.82) is 0 Å². The van der Waals surface area contributed by atoms with Gasteiger partial charge in [0.05, 0.1) is 12.3 Å². The van der Waals surface area contributed by atoms with Crippen LogP contribution < -0.4 is 10.1 Å². The molecule has 0 aliphatic rings. The Kier molecular flexibility index (Phi) is 4.95. The minimum absolute atomic E-state index is 0.0579. The van der Waals surface area contributed by atoms with Gasteiger partial charge < -0.3 is 10.1 Å². The van der Waals surface area contributed by atoms with Crippen LogP contribution in [-0.2, 0) is 0 Å². The normalized spacial score (nSPS) is 13.7. The van der Waals surface area contributed by atoms with E-state index in [4.69, 9.17) is 4.74 Å². The van der Waals surface area contributed by atoms with E-state index in [2.05, 4.69) is 10.3 Å². The van der Waals surface area contributed by atoms with Crippen molar-refractivity contribution >= 4 is 0 Å². The quantitative estimate of drug-likeness (QED) is 0.885. The number of hydrogen-bond acceptors (Lipinski definition) is 3. The van der Waals surface area contributed by atoms with Crippen molar-refractivity contribution in [3.05, 3.63) is 24.0 Å². The molecule has 6 heteroatoms. The lowest BCUT2D eigenvalue weighted by Crippen LogP contribution is -2.34. The zero-order valence-electron chi connectivity index (χ0n) is 10.6. The van der Waals surface area contributed by atoms with Gasteiger partial charge in [0.1, 0.15) is 11.8 Å². The van der Waals surface area contributed by atoms with Gasteiger partial charge in [0.2, 0.25) is 0 Å². The van der Waals surface area contributed by atoms with Gasteiger partial charge in [-0.3, -0.25) is 4.98 Å². The van der Waals surface area contributed by atoms with Gasteiger partial charge in [0, 0.05) is 11.8 Å². The molecule has 0 saturated heterocycles. The van der Waals surface area contributed by atoms with Crippen LogP contribution in [0.1, 0.15) is 32.4 Å². The van der Waals surface area contributed by atoms with Gasteiger partial charge in [0.25, 0.3) is 0 Å². The Balaban J connectivity index is 2.98. The third-order valence-electron chi connectivity index (χ3n) is 2.18. The molecule has 1 rings (SSSR count). The number of aromatic nitrogens is 1. The molecular weight excluding hydrogens is 245 g/mol. The van der Waals surface area contributed by atoms with Gasteiger partial charge in [-0.25, -0.2) is 0 Å². The molecule has 102 valence electrons. The van der Waals surface area contributed by atoms with E-state index < -0.39 is 12.2 Å². The van der Waals surface area contributed by atoms with E-state index in [0.29, 0.717) is 5.75 Å². The summed E-state index contributed by atoms with van der Waals surface area (Å²) in [5.74, 6) is 0.342. The third kappa shape index (κ3) is 4.18. The smallest absolute Gasteiger partial charge is 0.407 e. The number of nitrogens with one attached hydrogen (secondary N) is 1. The maximum Gasteiger partial charge on any atom is 0.407 e. The molecule has 1 atom stereocenters. The molecule has 0 aliphatic heterocycles. The largest absolute Gasteiger partial charge is 0.489 e. The summed E-state index contributed by atoms with van der Waals surface area (Å²) in [5.41, 5.74) is 0.0579. The van der Waals surface area contributed by atoms with Crippen LogP contribution in [0.4, 0.5) is 13.2 Å². The molecule has 1 heterocycles. The molecule has 1 aromatic rings. The first-order chi connectivity index (χ1) is 8.34. The van der Waals surface area contributed by atoms with Crippen molar-refractivity contribution in [2.45, 2.75) is 39.1 Å². The number of pyridine rings is 1. The zero-order chi connectivity index (χ0) is 13.8. The van der Waals surface area contributed by atoms with Crippen molar-refractivity contribution in [3.8, 4) is 5.75 Å². The van der Waals surface area contributed by atoms with E-state index >= 15 is 0 Å². The highest BCUT2D eigenvalue weighted by molar-refractivity contribution is 5.27. The Hall–Kier alpha value is -1.30. The molecule has 0 aliphatic carbocycles. The van der Waals surface area contributed by atoms with Crippen LogP contribution in [0.5, 0.6) is 5.75 Å². The summed E-state index contributed by atoms with van der Waals surface area (Å²) >= 11 is 0. The van der Waals surface area contributed by atoms with Crippen LogP contribution in [0.15, 0.2) is 18.5 Å². The van der Waals surface area contributed by atoms with Crippen LogP contribution >= 0.6 is 0 Å². The maximum absolute atomic E-state index is 12.9. The number of hydrogen-bond donors (Lipinski definition) is 1. The van der Waals surface area contributed by atoms with Crippen LogP contribution in [-0.4, -0.2) is 23.8 Å². The van der Waals surface area contributed by atoms with E-state index in [-0.39, 0.29) is 18.2 Å². The molecule has 0 bridgehead atoms. The highest BCUT2D eigenvalue weighted by Gasteiger charge is 2.40. The topological polar surface area (TPSA) is 34.2 Å². The fourth-order valence-electron chi connectivity index (χ4n) is 1.56. The minimum Gasteiger partial charge on any atom is -0.489 e. The molecule has 1 aromatic heterocycles. The molecule has 0 amide bonds. The Bertz CT molecular complexity index is 380. The molecular formula is C12H17F3N2O. The summed E-state index contributed by atoms with van der Waals surface area (Å²) < 4.78 is 43.9. The fraction of sp³-hybridized carbons (Fsp3) is 0.583. The number of nitrogens with zero attached hydrogens (tertiary/aromatic N) is 1. The maximum atomic E-state index is 12.9. The van der Waals surface area contributed by atoms with E-state index in [1.807, 2.05) is 0 Å². The number of alkyl halides is 3. The second-order valence-corrected chi connectivity index (χ2v) is 4.15. The monoisotopic (exact) mass is 262 g/mol. The van der Waals surface area contributed by atoms with E-state index in [0.717, 1.165) is 0 Å². The average Bonchev–Trinajstić information content (AvgIpc) is 2.23. The summed E-state index contributed by atoms with van der Waals surface area (Å²) in [6, 6.07) is -0.348. The Labute approximate surface area is 104 Å². The third-order valence-corrected chi connectivity index (χ3v) is 2.18. The van der Waals surface area contributed by atoms with Crippen molar-refractivity contribution in [1.82, 2.24) is 10.3 Å². The van der Waals surface area contributed by atoms with Gasteiger partial charge >= 0.3 is 6.18 Å². The molecule has 0 radical (unpaired) electrons. The van der Waals surface area contributed by atoms with Crippen molar-refractivity contribution < 1.29 is 17.9 Å². The first kappa shape index (κ1) is 14.8. The Morgan fingerprint density at radius 1 is 1.33 bits per heavy atom. The Morgan fingerprint density at radius 3 is 2.50 bits per heavy atom. The second kappa shape index (κ2) is 6.04. The van der Waals surface area contributed by atoms with Gasteiger partial charge in [-0.2, -0.15) is 13.2 Å². The number of rotatable bonds is 5. The average molecular weight is 262 g/mol. The molecule has 3 nitrogen and oxygen atoms in total. The van der Waals surface area contributed by atoms with Gasteiger partial charge in [0.15, 0.2) is 0 Å². The zero-order valence-corrected chi connectivity index (χ0v) is 10.6. The van der Waals surface area contributed by atoms with Crippen LogP contribution in [0, 0.1) is 0 Å². The number of ether oxygens (including phenoxy) is 1. The van der Waals surface area contributed by atoms with Gasteiger partial charge in [-0.15, -0.1) is 0 Å². The second-order valence-electron chi connectivity index (χ2n) is 4.15. The summed E-state index contributed by atoms with van der Waals surface area (Å²) in [5, 5.41) is 2.40. The molecule has 1 N–H and O–H groups in total. The fourth-order valence-corrected chi connectivity index (χ4v) is 1.56. The summed E-state index contributed by atoms with van der Waals surface area (Å²) in [4.78, 5) is 3.79. The Morgan fingerprint density at radius 2 is 2.00 bits per heavy atom. The molecule has 0 fully saturated rings. The summed E-state index contributed by atoms with van der Waals surface area (Å²) in [6.45, 7) is 5.45. The van der Waals surface area contributed by atoms with Crippen LogP contribution in [0.3, 0.4) is 0 Å². The van der Waals surface area contributed by atoms with Crippen LogP contribution in [0.25, 0.3) is 0 Å². The predicted octanol–water partition coefficient (Wildman–Crippen LogP) is 3.08. The van der Waals surface area contributed by atoms with Crippen molar-refractivity contribution in [2.24, 2.45) is 0 Å². The number of halogens is 3. The molecule has 1 unspecified atom stereocenters. The minimum atomic E-state index is -4.35. The highest BCUT2D eigenvalue weighted by atomic mass is 19.4. The lowest BCUT2D eigenvalue weighted by molar-refractivity contribution is -0.157. The van der Waals surface area contributed by atoms with E-state index in [9.17, 15) is 13.2 Å². The molecule has 18 heavy (non-hydrogen) atoms. The van der Waals surface area contributed by atoms with Gasteiger partial charge in [-0.1, -0.05) is 6.92 Å². The molecule has 0 saturated carbocycles. The SMILES string of the molecule is CCNC(c1cncc(OC(C)C)c1)C(F)(F)F. The van der Waals surface area contributed by atoms with Gasteiger partial charge in [-0.05, 0) is 26.5 Å². The first-order valence-corrected chi connectivity index (χ1v) is 5.76. The van der Waals surface area contributed by atoms with E-state index in [1.54, 1.807) is 20.8 Å². The van der Waals surface area contributed by atoms with Crippen molar-refractivity contribution in [2.75, 3.05) is 6.54 Å². The standard InChI is InChI=1S/C12H17F3N2O/c1-4-17-11(12(13,14)15)9-5-10(7-16-6-9)18-8(2)3/h5-8,11,17H,4H2,1-3H3. The lowest BCUT2D eigenvalue weighted by atomic mass is 10.1. The van der Waals surface area contributed by atoms with Crippen LogP contribution in [0.2, 0.25) is 0 Å². The molecule has 0 aromatic carbocycles. The first-order valence-electron chi connectivity index (χ1n) is 5.76. The highest BCUT2D eigenvalue weighted by Crippen LogP contribution is 2.33. The van der Waals surface area contributed by atoms with Crippen molar-refractivity contribution in [3.63, 3.8) is 0 Å².